The van der Waals surface area contributed by atoms with Crippen molar-refractivity contribution >= 4 is 17.7 Å². The second-order valence-corrected chi connectivity index (χ2v) is 4.71. The van der Waals surface area contributed by atoms with Crippen molar-refractivity contribution in [2.24, 2.45) is 0 Å². The molecule has 0 radical (unpaired) electrons. The smallest absolute Gasteiger partial charge is 0.409 e. The Bertz CT molecular complexity index is 493. The van der Waals surface area contributed by atoms with Crippen molar-refractivity contribution in [2.45, 2.75) is 6.92 Å². The third kappa shape index (κ3) is 3.65. The Morgan fingerprint density at radius 2 is 1.71 bits per heavy atom. The first-order valence-corrected chi connectivity index (χ1v) is 7.00. The SMILES string of the molecule is CCOC(=O)N1CCN(c2ccc(C(=O)OC)cc2)CC1. The number of ether oxygens (including phenoxy) is 2. The Kier molecular flexibility index (Phi) is 5.03. The van der Waals surface area contributed by atoms with Gasteiger partial charge in [0.25, 0.3) is 0 Å². The van der Waals surface area contributed by atoms with E-state index in [1.54, 1.807) is 24.0 Å². The molecule has 21 heavy (non-hydrogen) atoms. The molecule has 0 bridgehead atoms. The summed E-state index contributed by atoms with van der Waals surface area (Å²) < 4.78 is 9.67. The van der Waals surface area contributed by atoms with Crippen LogP contribution in [0.2, 0.25) is 0 Å². The number of amides is 1. The number of nitrogens with zero attached hydrogens (tertiary/aromatic N) is 2. The van der Waals surface area contributed by atoms with Gasteiger partial charge in [0.2, 0.25) is 0 Å². The summed E-state index contributed by atoms with van der Waals surface area (Å²) in [6.07, 6.45) is -0.252. The van der Waals surface area contributed by atoms with Crippen LogP contribution in [0.25, 0.3) is 0 Å². The van der Waals surface area contributed by atoms with Gasteiger partial charge in [0.05, 0.1) is 19.3 Å². The maximum absolute atomic E-state index is 11.6. The van der Waals surface area contributed by atoms with Crippen molar-refractivity contribution in [1.82, 2.24) is 4.90 Å². The van der Waals surface area contributed by atoms with E-state index in [2.05, 4.69) is 9.64 Å². The van der Waals surface area contributed by atoms with Gasteiger partial charge in [-0.2, -0.15) is 0 Å². The van der Waals surface area contributed by atoms with Crippen molar-refractivity contribution in [3.63, 3.8) is 0 Å². The van der Waals surface area contributed by atoms with E-state index >= 15 is 0 Å². The van der Waals surface area contributed by atoms with Gasteiger partial charge in [-0.15, -0.1) is 0 Å². The molecule has 6 nitrogen and oxygen atoms in total. The number of esters is 1. The maximum atomic E-state index is 11.6. The summed E-state index contributed by atoms with van der Waals surface area (Å²) in [6.45, 7) is 4.97. The predicted octanol–water partition coefficient (Wildman–Crippen LogP) is 1.75. The molecule has 1 aliphatic rings. The van der Waals surface area contributed by atoms with E-state index in [1.807, 2.05) is 12.1 Å². The number of carbonyl (C=O) groups is 2. The minimum Gasteiger partial charge on any atom is -0.465 e. The summed E-state index contributed by atoms with van der Waals surface area (Å²) >= 11 is 0. The minimum absolute atomic E-state index is 0.252. The van der Waals surface area contributed by atoms with Gasteiger partial charge < -0.3 is 19.3 Å². The number of methoxy groups -OCH3 is 1. The lowest BCUT2D eigenvalue weighted by Crippen LogP contribution is -2.49. The Balaban J connectivity index is 1.93. The highest BCUT2D eigenvalue weighted by molar-refractivity contribution is 5.89. The lowest BCUT2D eigenvalue weighted by molar-refractivity contribution is 0.0600. The Morgan fingerprint density at radius 3 is 2.24 bits per heavy atom. The quantitative estimate of drug-likeness (QED) is 0.794. The average molecular weight is 292 g/mol. The molecule has 2 rings (SSSR count). The summed E-state index contributed by atoms with van der Waals surface area (Å²) in [4.78, 5) is 26.9. The summed E-state index contributed by atoms with van der Waals surface area (Å²) in [5.41, 5.74) is 1.57. The van der Waals surface area contributed by atoms with Crippen LogP contribution in [0.4, 0.5) is 10.5 Å². The van der Waals surface area contributed by atoms with E-state index in [0.29, 0.717) is 25.3 Å². The van der Waals surface area contributed by atoms with E-state index in [0.717, 1.165) is 18.8 Å². The fourth-order valence-corrected chi connectivity index (χ4v) is 2.29. The van der Waals surface area contributed by atoms with Crippen LogP contribution in [0, 0.1) is 0 Å². The first-order chi connectivity index (χ1) is 10.2. The van der Waals surface area contributed by atoms with Crippen molar-refractivity contribution in [3.8, 4) is 0 Å². The van der Waals surface area contributed by atoms with Crippen LogP contribution in [-0.2, 0) is 9.47 Å². The van der Waals surface area contributed by atoms with Crippen LogP contribution in [0.15, 0.2) is 24.3 Å². The fourth-order valence-electron chi connectivity index (χ4n) is 2.29. The standard InChI is InChI=1S/C15H20N2O4/c1-3-21-15(19)17-10-8-16(9-11-17)13-6-4-12(5-7-13)14(18)20-2/h4-7H,3,8-11H2,1-2H3. The topological polar surface area (TPSA) is 59.1 Å². The molecule has 0 atom stereocenters. The van der Waals surface area contributed by atoms with E-state index in [9.17, 15) is 9.59 Å². The predicted molar refractivity (Wildman–Crippen MR) is 78.6 cm³/mol. The number of piperazine rings is 1. The summed E-state index contributed by atoms with van der Waals surface area (Å²) in [6, 6.07) is 7.29. The molecule has 1 aliphatic heterocycles. The lowest BCUT2D eigenvalue weighted by atomic mass is 10.2. The third-order valence-electron chi connectivity index (χ3n) is 3.46. The number of hydrogen-bond donors (Lipinski definition) is 0. The molecular formula is C15H20N2O4. The third-order valence-corrected chi connectivity index (χ3v) is 3.46. The summed E-state index contributed by atoms with van der Waals surface area (Å²) in [7, 11) is 1.37. The Labute approximate surface area is 124 Å². The number of rotatable bonds is 3. The highest BCUT2D eigenvalue weighted by atomic mass is 16.6. The van der Waals surface area contributed by atoms with Gasteiger partial charge in [0.1, 0.15) is 0 Å². The van der Waals surface area contributed by atoms with Gasteiger partial charge >= 0.3 is 12.1 Å². The molecule has 1 aromatic rings. The van der Waals surface area contributed by atoms with Gasteiger partial charge in [-0.25, -0.2) is 9.59 Å². The van der Waals surface area contributed by atoms with Crippen LogP contribution in [0.3, 0.4) is 0 Å². The fraction of sp³-hybridized carbons (Fsp3) is 0.467. The van der Waals surface area contributed by atoms with Crippen LogP contribution in [0.1, 0.15) is 17.3 Å². The molecule has 0 saturated carbocycles. The zero-order chi connectivity index (χ0) is 15.2. The van der Waals surface area contributed by atoms with Crippen LogP contribution in [0.5, 0.6) is 0 Å². The minimum atomic E-state index is -0.339. The van der Waals surface area contributed by atoms with Gasteiger partial charge in [-0.05, 0) is 31.2 Å². The van der Waals surface area contributed by atoms with Gasteiger partial charge in [-0.1, -0.05) is 0 Å². The lowest BCUT2D eigenvalue weighted by Gasteiger charge is -2.35. The van der Waals surface area contributed by atoms with Crippen LogP contribution in [-0.4, -0.2) is 56.9 Å². The van der Waals surface area contributed by atoms with Gasteiger partial charge in [0, 0.05) is 31.9 Å². The first kappa shape index (κ1) is 15.2. The number of anilines is 1. The zero-order valence-electron chi connectivity index (χ0n) is 12.4. The molecule has 1 saturated heterocycles. The van der Waals surface area contributed by atoms with Crippen LogP contribution >= 0.6 is 0 Å². The molecule has 6 heteroatoms. The van der Waals surface area contributed by atoms with Crippen LogP contribution < -0.4 is 4.90 Å². The van der Waals surface area contributed by atoms with Crippen molar-refractivity contribution < 1.29 is 19.1 Å². The molecule has 1 amide bonds. The molecule has 0 N–H and O–H groups in total. The summed E-state index contributed by atoms with van der Waals surface area (Å²) in [5, 5.41) is 0. The average Bonchev–Trinajstić information content (AvgIpc) is 2.54. The monoisotopic (exact) mass is 292 g/mol. The normalized spacial score (nSPS) is 14.8. The number of hydrogen-bond acceptors (Lipinski definition) is 5. The molecule has 114 valence electrons. The molecule has 0 spiro atoms. The van der Waals surface area contributed by atoms with Crippen molar-refractivity contribution in [1.29, 1.82) is 0 Å². The molecule has 1 heterocycles. The Hall–Kier alpha value is -2.24. The van der Waals surface area contributed by atoms with Gasteiger partial charge in [0.15, 0.2) is 0 Å². The second-order valence-electron chi connectivity index (χ2n) is 4.71. The zero-order valence-corrected chi connectivity index (χ0v) is 12.4. The van der Waals surface area contributed by atoms with E-state index < -0.39 is 0 Å². The molecule has 1 aromatic carbocycles. The van der Waals surface area contributed by atoms with E-state index in [4.69, 9.17) is 4.74 Å². The summed E-state index contributed by atoms with van der Waals surface area (Å²) in [5.74, 6) is -0.339. The highest BCUT2D eigenvalue weighted by Crippen LogP contribution is 2.18. The highest BCUT2D eigenvalue weighted by Gasteiger charge is 2.22. The second kappa shape index (κ2) is 6.97. The van der Waals surface area contributed by atoms with E-state index in [1.165, 1.54) is 7.11 Å². The molecule has 0 aromatic heterocycles. The van der Waals surface area contributed by atoms with E-state index in [-0.39, 0.29) is 12.1 Å². The van der Waals surface area contributed by atoms with Crippen molar-refractivity contribution in [3.05, 3.63) is 29.8 Å². The van der Waals surface area contributed by atoms with Gasteiger partial charge in [-0.3, -0.25) is 0 Å². The van der Waals surface area contributed by atoms with Crippen molar-refractivity contribution in [2.75, 3.05) is 44.8 Å². The molecular weight excluding hydrogens is 272 g/mol. The largest absolute Gasteiger partial charge is 0.465 e. The maximum Gasteiger partial charge on any atom is 0.409 e. The molecule has 0 aliphatic carbocycles. The first-order valence-electron chi connectivity index (χ1n) is 7.00. The Morgan fingerprint density at radius 1 is 1.10 bits per heavy atom. The number of benzene rings is 1. The molecule has 1 fully saturated rings. The number of carbonyl (C=O) groups excluding carboxylic acids is 2. The molecule has 0 unspecified atom stereocenters.